The average molecular weight is 296 g/mol. The molecular weight excluding hydrogens is 268 g/mol. The van der Waals surface area contributed by atoms with Gasteiger partial charge in [0.15, 0.2) is 0 Å². The molecule has 0 aromatic carbocycles. The van der Waals surface area contributed by atoms with Crippen molar-refractivity contribution >= 4 is 11.8 Å². The second kappa shape index (κ2) is 8.37. The van der Waals surface area contributed by atoms with Gasteiger partial charge in [0, 0.05) is 52.2 Å². The maximum Gasteiger partial charge on any atom is 0.224 e. The van der Waals surface area contributed by atoms with E-state index in [1.165, 1.54) is 6.42 Å². The molecule has 0 aliphatic carbocycles. The lowest BCUT2D eigenvalue weighted by Gasteiger charge is -2.36. The summed E-state index contributed by atoms with van der Waals surface area (Å²) in [4.78, 5) is 27.9. The molecule has 0 aromatic rings. The highest BCUT2D eigenvalue weighted by Gasteiger charge is 2.27. The van der Waals surface area contributed by atoms with Crippen molar-refractivity contribution in [3.05, 3.63) is 0 Å². The average Bonchev–Trinajstić information content (AvgIpc) is 2.91. The number of hydrogen-bond acceptors (Lipinski definition) is 3. The highest BCUT2D eigenvalue weighted by molar-refractivity contribution is 5.80. The zero-order valence-corrected chi connectivity index (χ0v) is 13.2. The second-order valence-electron chi connectivity index (χ2n) is 6.11. The van der Waals surface area contributed by atoms with E-state index in [2.05, 4.69) is 4.90 Å². The van der Waals surface area contributed by atoms with Crippen molar-refractivity contribution in [2.75, 3.05) is 33.4 Å². The van der Waals surface area contributed by atoms with E-state index in [-0.39, 0.29) is 11.8 Å². The number of hydrogen-bond donors (Lipinski definition) is 0. The van der Waals surface area contributed by atoms with Crippen LogP contribution < -0.4 is 0 Å². The first kappa shape index (κ1) is 16.3. The summed E-state index contributed by atoms with van der Waals surface area (Å²) < 4.78 is 5.11. The molecule has 5 nitrogen and oxygen atoms in total. The van der Waals surface area contributed by atoms with Crippen molar-refractivity contribution in [1.82, 2.24) is 9.80 Å². The number of rotatable bonds is 7. The van der Waals surface area contributed by atoms with Gasteiger partial charge >= 0.3 is 0 Å². The first-order chi connectivity index (χ1) is 10.2. The number of carbonyl (C=O) groups excluding carboxylic acids is 2. The zero-order valence-electron chi connectivity index (χ0n) is 13.2. The molecule has 0 spiro atoms. The van der Waals surface area contributed by atoms with E-state index in [9.17, 15) is 9.59 Å². The minimum absolute atomic E-state index is 0.207. The number of amides is 2. The summed E-state index contributed by atoms with van der Waals surface area (Å²) in [6, 6.07) is 0.371. The monoisotopic (exact) mass is 296 g/mol. The predicted molar refractivity (Wildman–Crippen MR) is 80.9 cm³/mol. The lowest BCUT2D eigenvalue weighted by atomic mass is 9.97. The summed E-state index contributed by atoms with van der Waals surface area (Å²) >= 11 is 0. The normalized spacial score (nSPS) is 22.9. The molecule has 0 aromatic heterocycles. The fourth-order valence-electron chi connectivity index (χ4n) is 3.41. The van der Waals surface area contributed by atoms with Crippen molar-refractivity contribution in [3.63, 3.8) is 0 Å². The number of piperidine rings is 1. The lowest BCUT2D eigenvalue weighted by Crippen LogP contribution is -2.45. The third-order valence-electron chi connectivity index (χ3n) is 4.60. The summed E-state index contributed by atoms with van der Waals surface area (Å²) in [5.41, 5.74) is 0. The van der Waals surface area contributed by atoms with E-state index in [1.807, 2.05) is 4.90 Å². The second-order valence-corrected chi connectivity index (χ2v) is 6.11. The first-order valence-corrected chi connectivity index (χ1v) is 8.28. The quantitative estimate of drug-likeness (QED) is 0.673. The summed E-state index contributed by atoms with van der Waals surface area (Å²) in [7, 11) is 1.72. The Labute approximate surface area is 127 Å². The van der Waals surface area contributed by atoms with Crippen LogP contribution in [0.15, 0.2) is 0 Å². The Hall–Kier alpha value is -1.10. The number of ether oxygens (including phenoxy) is 1. The van der Waals surface area contributed by atoms with Crippen LogP contribution in [0.2, 0.25) is 0 Å². The maximum atomic E-state index is 12.5. The first-order valence-electron chi connectivity index (χ1n) is 8.28. The Bertz CT molecular complexity index is 359. The van der Waals surface area contributed by atoms with E-state index >= 15 is 0 Å². The molecule has 2 saturated heterocycles. The largest absolute Gasteiger partial charge is 0.385 e. The van der Waals surface area contributed by atoms with Gasteiger partial charge in [0.2, 0.25) is 11.8 Å². The van der Waals surface area contributed by atoms with E-state index < -0.39 is 0 Å². The molecule has 2 heterocycles. The van der Waals surface area contributed by atoms with Crippen LogP contribution >= 0.6 is 0 Å². The van der Waals surface area contributed by atoms with Crippen LogP contribution in [0, 0.1) is 0 Å². The number of carbonyl (C=O) groups is 2. The van der Waals surface area contributed by atoms with Crippen molar-refractivity contribution in [3.8, 4) is 0 Å². The highest BCUT2D eigenvalue weighted by atomic mass is 16.5. The summed E-state index contributed by atoms with van der Waals surface area (Å²) in [6.45, 7) is 3.06. The standard InChI is InChI=1S/C16H28N2O3/c1-21-13-5-7-14-6-2-3-11-18(14)16(20)9-12-17-10-4-8-15(17)19/h14H,2-13H2,1H3. The Morgan fingerprint density at radius 1 is 1.29 bits per heavy atom. The smallest absolute Gasteiger partial charge is 0.224 e. The molecule has 0 radical (unpaired) electrons. The van der Waals surface area contributed by atoms with Crippen LogP contribution in [0.1, 0.15) is 51.4 Å². The van der Waals surface area contributed by atoms with E-state index in [1.54, 1.807) is 7.11 Å². The van der Waals surface area contributed by atoms with E-state index in [0.29, 0.717) is 25.4 Å². The van der Waals surface area contributed by atoms with Crippen molar-refractivity contribution in [2.24, 2.45) is 0 Å². The van der Waals surface area contributed by atoms with Crippen LogP contribution in [0.4, 0.5) is 0 Å². The van der Waals surface area contributed by atoms with Crippen LogP contribution in [0.25, 0.3) is 0 Å². The molecule has 0 N–H and O–H groups in total. The maximum absolute atomic E-state index is 12.5. The molecule has 1 unspecified atom stereocenters. The Balaban J connectivity index is 1.78. The van der Waals surface area contributed by atoms with Gasteiger partial charge in [0.1, 0.15) is 0 Å². The number of nitrogens with zero attached hydrogens (tertiary/aromatic N) is 2. The van der Waals surface area contributed by atoms with Gasteiger partial charge in [-0.15, -0.1) is 0 Å². The molecule has 0 bridgehead atoms. The molecule has 2 rings (SSSR count). The molecule has 5 heteroatoms. The minimum Gasteiger partial charge on any atom is -0.385 e. The van der Waals surface area contributed by atoms with Gasteiger partial charge in [-0.25, -0.2) is 0 Å². The van der Waals surface area contributed by atoms with Crippen molar-refractivity contribution in [2.45, 2.75) is 57.4 Å². The summed E-state index contributed by atoms with van der Waals surface area (Å²) in [6.07, 6.45) is 7.54. The van der Waals surface area contributed by atoms with Crippen molar-refractivity contribution in [1.29, 1.82) is 0 Å². The van der Waals surface area contributed by atoms with Gasteiger partial charge in [-0.3, -0.25) is 9.59 Å². The summed E-state index contributed by atoms with van der Waals surface area (Å²) in [5.74, 6) is 0.426. The van der Waals surface area contributed by atoms with Crippen LogP contribution in [-0.4, -0.2) is 61.0 Å². The SMILES string of the molecule is COCCCC1CCCCN1C(=O)CCN1CCCC1=O. The van der Waals surface area contributed by atoms with Gasteiger partial charge in [-0.05, 0) is 38.5 Å². The molecule has 1 atom stereocenters. The molecular formula is C16H28N2O3. The van der Waals surface area contributed by atoms with Crippen LogP contribution in [-0.2, 0) is 14.3 Å². The molecule has 2 amide bonds. The van der Waals surface area contributed by atoms with Crippen molar-refractivity contribution < 1.29 is 14.3 Å². The molecule has 120 valence electrons. The van der Waals surface area contributed by atoms with Gasteiger partial charge in [0.05, 0.1) is 0 Å². The Morgan fingerprint density at radius 2 is 2.14 bits per heavy atom. The van der Waals surface area contributed by atoms with E-state index in [4.69, 9.17) is 4.74 Å². The van der Waals surface area contributed by atoms with Crippen LogP contribution in [0.3, 0.4) is 0 Å². The molecule has 0 saturated carbocycles. The zero-order chi connectivity index (χ0) is 15.1. The lowest BCUT2D eigenvalue weighted by molar-refractivity contribution is -0.136. The molecule has 2 fully saturated rings. The number of methoxy groups -OCH3 is 1. The Morgan fingerprint density at radius 3 is 2.86 bits per heavy atom. The van der Waals surface area contributed by atoms with Gasteiger partial charge in [0.25, 0.3) is 0 Å². The topological polar surface area (TPSA) is 49.9 Å². The Kier molecular flexibility index (Phi) is 6.49. The van der Waals surface area contributed by atoms with Crippen LogP contribution in [0.5, 0.6) is 0 Å². The third-order valence-corrected chi connectivity index (χ3v) is 4.60. The minimum atomic E-state index is 0.207. The highest BCUT2D eigenvalue weighted by Crippen LogP contribution is 2.22. The summed E-state index contributed by atoms with van der Waals surface area (Å²) in [5, 5.41) is 0. The molecule has 2 aliphatic heterocycles. The molecule has 21 heavy (non-hydrogen) atoms. The van der Waals surface area contributed by atoms with Gasteiger partial charge < -0.3 is 14.5 Å². The molecule has 2 aliphatic rings. The fraction of sp³-hybridized carbons (Fsp3) is 0.875. The van der Waals surface area contributed by atoms with E-state index in [0.717, 1.165) is 51.8 Å². The van der Waals surface area contributed by atoms with Gasteiger partial charge in [-0.1, -0.05) is 0 Å². The third kappa shape index (κ3) is 4.70. The van der Waals surface area contributed by atoms with Gasteiger partial charge in [-0.2, -0.15) is 0 Å². The fourth-order valence-corrected chi connectivity index (χ4v) is 3.41. The predicted octanol–water partition coefficient (Wildman–Crippen LogP) is 1.81. The number of likely N-dealkylation sites (tertiary alicyclic amines) is 2.